The molecule has 8 atom stereocenters. The number of carbonyl (C=O) groups is 3. The average Bonchev–Trinajstić information content (AvgIpc) is 3.64. The minimum Gasteiger partial charge on any atom is -0.482 e. The van der Waals surface area contributed by atoms with Crippen molar-refractivity contribution in [2.75, 3.05) is 20.2 Å². The Kier molecular flexibility index (Phi) is 12.8. The van der Waals surface area contributed by atoms with Gasteiger partial charge in [-0.25, -0.2) is 18.5 Å². The van der Waals surface area contributed by atoms with Crippen LogP contribution >= 0.6 is 23.5 Å². The maximum atomic E-state index is 16.0. The van der Waals surface area contributed by atoms with Gasteiger partial charge in [0.05, 0.1) is 35.2 Å². The second-order valence-electron chi connectivity index (χ2n) is 20.5. The normalized spacial score (nSPS) is 28.7. The van der Waals surface area contributed by atoms with Crippen LogP contribution in [0.3, 0.4) is 0 Å². The standard InChI is InChI=1S/C50H59N2O17P3/c1-26(2)13-12-20-48(8)21-19-32-42(64-48)31(17-16-27(3)4)43-37(44(32)66-71(59,60)69-72(61,62)68-70(56,57)58)40-38-35(36-39(52(40)24-23-51)29-14-10-11-15-30(29)41(36)53)33-25-34-47(6,7)67-49(45(33)54,50(34,38)65-43)22-18-28(5)46(55)63-9/h10-11,13-16,18-19,21,33-35H,12,17,20,22-25,51H2,1-9H3,(H,59,60)(H,61,62)(H2,56,57,58)/b28-18-. The van der Waals surface area contributed by atoms with E-state index in [2.05, 4.69) is 14.7 Å². The molecular weight excluding hydrogens is 993 g/mol. The molecule has 0 radical (unpaired) electrons. The van der Waals surface area contributed by atoms with Crippen molar-refractivity contribution in [3.8, 4) is 17.2 Å². The second kappa shape index (κ2) is 17.7. The topological polar surface area (TPSA) is 277 Å². The van der Waals surface area contributed by atoms with Crippen LogP contribution in [0.4, 0.5) is 0 Å². The first-order valence-electron chi connectivity index (χ1n) is 23.6. The first-order chi connectivity index (χ1) is 33.6. The number of rotatable bonds is 16. The first kappa shape index (κ1) is 52.1. The fourth-order valence-electron chi connectivity index (χ4n) is 12.1. The van der Waals surface area contributed by atoms with Crippen LogP contribution < -0.4 is 19.7 Å². The number of hydrogen-bond donors (Lipinski definition) is 5. The van der Waals surface area contributed by atoms with Crippen LogP contribution in [-0.4, -0.2) is 84.6 Å². The van der Waals surface area contributed by atoms with Gasteiger partial charge in [0, 0.05) is 70.7 Å². The van der Waals surface area contributed by atoms with Gasteiger partial charge >= 0.3 is 29.4 Å². The van der Waals surface area contributed by atoms with Crippen molar-refractivity contribution < 1.29 is 79.7 Å². The van der Waals surface area contributed by atoms with Crippen molar-refractivity contribution in [2.45, 2.75) is 110 Å². The number of carbonyl (C=O) groups excluding carboxylic acids is 3. The number of Topliss-reactive ketones (excluding diaryl/α,β-unsaturated/α-hetero) is 2. The number of esters is 1. The maximum Gasteiger partial charge on any atom is 0.536 e. The molecule has 1 spiro atoms. The number of phosphoric ester groups is 1. The molecule has 2 aromatic rings. The van der Waals surface area contributed by atoms with Crippen LogP contribution in [-0.2, 0) is 47.8 Å². The monoisotopic (exact) mass is 1050 g/mol. The molecule has 4 fully saturated rings. The molecule has 8 aliphatic rings. The Morgan fingerprint density at radius 3 is 2.22 bits per heavy atom. The molecule has 0 amide bonds. The Hall–Kier alpha value is -4.74. The van der Waals surface area contributed by atoms with Gasteiger partial charge in [-0.2, -0.15) is 8.62 Å². The number of benzene rings is 2. The van der Waals surface area contributed by atoms with E-state index in [0.717, 1.165) is 11.1 Å². The summed E-state index contributed by atoms with van der Waals surface area (Å²) in [7, 11) is -16.7. The minimum atomic E-state index is -6.07. The number of hydrogen-bond acceptors (Lipinski definition) is 15. The van der Waals surface area contributed by atoms with Gasteiger partial charge in [-0.1, -0.05) is 53.6 Å². The summed E-state index contributed by atoms with van der Waals surface area (Å²) >= 11 is 0. The molecule has 8 unspecified atom stereocenters. The van der Waals surface area contributed by atoms with E-state index in [1.807, 2.05) is 59.4 Å². The number of fused-ring (bicyclic) bond motifs is 5. The van der Waals surface area contributed by atoms with E-state index in [1.165, 1.54) is 7.11 Å². The summed E-state index contributed by atoms with van der Waals surface area (Å²) in [6, 6.07) is 6.99. The van der Waals surface area contributed by atoms with Crippen molar-refractivity contribution in [1.82, 2.24) is 4.90 Å². The summed E-state index contributed by atoms with van der Waals surface area (Å²) in [5.41, 5.74) is 5.61. The van der Waals surface area contributed by atoms with Crippen molar-refractivity contribution in [2.24, 2.45) is 23.5 Å². The summed E-state index contributed by atoms with van der Waals surface area (Å²) in [5, 5.41) is 0. The zero-order valence-electron chi connectivity index (χ0n) is 41.3. The fraction of sp³-hybridized carbons (Fsp3) is 0.460. The van der Waals surface area contributed by atoms with Gasteiger partial charge in [0.1, 0.15) is 17.1 Å². The third-order valence-electron chi connectivity index (χ3n) is 14.8. The molecule has 386 valence electrons. The molecule has 0 aromatic heterocycles. The van der Waals surface area contributed by atoms with E-state index >= 15 is 9.59 Å². The van der Waals surface area contributed by atoms with Gasteiger partial charge in [-0.15, -0.1) is 0 Å². The third-order valence-corrected chi connectivity index (χ3v) is 18.5. The number of nitrogens with two attached hydrogens (primary N) is 1. The number of nitrogens with zero attached hydrogens (tertiary/aromatic N) is 1. The fourth-order valence-corrected chi connectivity index (χ4v) is 15.2. The average molecular weight is 1050 g/mol. The number of ketones is 2. The molecule has 10 rings (SSSR count). The van der Waals surface area contributed by atoms with Crippen LogP contribution in [0.15, 0.2) is 76.4 Å². The lowest BCUT2D eigenvalue weighted by Gasteiger charge is -2.63. The van der Waals surface area contributed by atoms with Gasteiger partial charge in [-0.3, -0.25) is 14.5 Å². The molecule has 4 aliphatic carbocycles. The van der Waals surface area contributed by atoms with Crippen LogP contribution in [0, 0.1) is 17.8 Å². The molecule has 6 N–H and O–H groups in total. The molecule has 22 heteroatoms. The van der Waals surface area contributed by atoms with Crippen molar-refractivity contribution in [1.29, 1.82) is 0 Å². The SMILES string of the molecule is COC(=O)/C(C)=C\CC12OC(C)(C)C3CC(C1=O)C1C4=C(c5ccccc5C4=O)N(CCN)C4=C1C32Oc1c(CC=C(C)C)c2c(c(OP(=O)(O)OP(=O)(O)OP(=O)(O)O)c14)C=CC(C)(CCC=C(C)C)O2. The number of phosphoric acid groups is 3. The van der Waals surface area contributed by atoms with Crippen molar-refractivity contribution >= 4 is 58.5 Å². The van der Waals surface area contributed by atoms with Crippen molar-refractivity contribution in [3.63, 3.8) is 0 Å². The van der Waals surface area contributed by atoms with Crippen molar-refractivity contribution in [3.05, 3.63) is 104 Å². The highest BCUT2D eigenvalue weighted by molar-refractivity contribution is 7.66. The van der Waals surface area contributed by atoms with Crippen LogP contribution in [0.5, 0.6) is 17.2 Å². The van der Waals surface area contributed by atoms with E-state index in [4.69, 9.17) is 29.2 Å². The number of methoxy groups -OCH3 is 1. The lowest BCUT2D eigenvalue weighted by molar-refractivity contribution is -0.181. The lowest BCUT2D eigenvalue weighted by atomic mass is 9.44. The van der Waals surface area contributed by atoms with Crippen LogP contribution in [0.25, 0.3) is 17.5 Å². The summed E-state index contributed by atoms with van der Waals surface area (Å²) in [4.78, 5) is 86.9. The molecule has 72 heavy (non-hydrogen) atoms. The first-order valence-corrected chi connectivity index (χ1v) is 28.1. The Morgan fingerprint density at radius 2 is 1.58 bits per heavy atom. The second-order valence-corrected chi connectivity index (χ2v) is 24.9. The highest BCUT2D eigenvalue weighted by Crippen LogP contribution is 2.76. The molecular formula is C50H59N2O17P3. The Labute approximate surface area is 416 Å². The highest BCUT2D eigenvalue weighted by Gasteiger charge is 2.84. The van der Waals surface area contributed by atoms with E-state index in [1.54, 1.807) is 49.4 Å². The van der Waals surface area contributed by atoms with E-state index in [-0.39, 0.29) is 77.8 Å². The lowest BCUT2D eigenvalue weighted by Crippen LogP contribution is -2.75. The van der Waals surface area contributed by atoms with E-state index < -0.39 is 75.3 Å². The molecule has 4 heterocycles. The molecule has 19 nitrogen and oxygen atoms in total. The largest absolute Gasteiger partial charge is 0.536 e. The minimum absolute atomic E-state index is 0.000483. The van der Waals surface area contributed by atoms with E-state index in [0.29, 0.717) is 46.4 Å². The summed E-state index contributed by atoms with van der Waals surface area (Å²) < 4.78 is 80.9. The Balaban J connectivity index is 1.43. The molecule has 1 saturated heterocycles. The predicted molar refractivity (Wildman–Crippen MR) is 263 cm³/mol. The maximum absolute atomic E-state index is 16.0. The Bertz CT molecular complexity index is 3100. The summed E-state index contributed by atoms with van der Waals surface area (Å²) in [6.45, 7) is 14.9. The third kappa shape index (κ3) is 8.20. The van der Waals surface area contributed by atoms with Crippen LogP contribution in [0.1, 0.15) is 114 Å². The molecule has 2 aromatic carbocycles. The van der Waals surface area contributed by atoms with E-state index in [9.17, 15) is 38.1 Å². The number of allylic oxidation sites excluding steroid dienone is 5. The summed E-state index contributed by atoms with van der Waals surface area (Å²) in [5.74, 6) is -4.24. The predicted octanol–water partition coefficient (Wildman–Crippen LogP) is 8.43. The van der Waals surface area contributed by atoms with Gasteiger partial charge in [0.2, 0.25) is 0 Å². The van der Waals surface area contributed by atoms with Crippen LogP contribution in [0.2, 0.25) is 0 Å². The summed E-state index contributed by atoms with van der Waals surface area (Å²) in [6.07, 6.45) is 10.1. The number of ether oxygens (including phenoxy) is 4. The van der Waals surface area contributed by atoms with Gasteiger partial charge in [0.15, 0.2) is 28.5 Å². The zero-order valence-corrected chi connectivity index (χ0v) is 44.0. The molecule has 3 saturated carbocycles. The van der Waals surface area contributed by atoms with Gasteiger partial charge < -0.3 is 48.8 Å². The smallest absolute Gasteiger partial charge is 0.482 e. The van der Waals surface area contributed by atoms with Gasteiger partial charge in [0.25, 0.3) is 0 Å². The molecule has 4 aliphatic heterocycles. The van der Waals surface area contributed by atoms with Gasteiger partial charge in [-0.05, 0) is 93.2 Å². The molecule has 4 bridgehead atoms. The quantitative estimate of drug-likeness (QED) is 0.0456. The highest BCUT2D eigenvalue weighted by atomic mass is 31.3. The Morgan fingerprint density at radius 1 is 0.903 bits per heavy atom. The zero-order chi connectivity index (χ0) is 52.5.